The van der Waals surface area contributed by atoms with Crippen molar-refractivity contribution < 1.29 is 9.53 Å². The molecule has 8 nitrogen and oxygen atoms in total. The second kappa shape index (κ2) is 10.2. The van der Waals surface area contributed by atoms with Crippen LogP contribution in [0, 0.1) is 5.92 Å². The number of rotatable bonds is 6. The highest BCUT2D eigenvalue weighted by atomic mass is 16.5. The Labute approximate surface area is 218 Å². The molecule has 2 fully saturated rings. The van der Waals surface area contributed by atoms with Gasteiger partial charge in [0.1, 0.15) is 5.75 Å². The van der Waals surface area contributed by atoms with E-state index in [0.717, 1.165) is 80.9 Å². The van der Waals surface area contributed by atoms with Gasteiger partial charge in [-0.2, -0.15) is 0 Å². The number of piperidine rings is 1. The highest BCUT2D eigenvalue weighted by Crippen LogP contribution is 2.33. The number of likely N-dealkylation sites (N-methyl/N-ethyl adjacent to an activating group) is 1. The Balaban J connectivity index is 1.21. The van der Waals surface area contributed by atoms with Crippen LogP contribution in [0.2, 0.25) is 0 Å². The van der Waals surface area contributed by atoms with Crippen molar-refractivity contribution in [3.63, 3.8) is 0 Å². The summed E-state index contributed by atoms with van der Waals surface area (Å²) in [6, 6.07) is 10.8. The first-order valence-corrected chi connectivity index (χ1v) is 13.5. The fourth-order valence-corrected chi connectivity index (χ4v) is 6.04. The smallest absolute Gasteiger partial charge is 0.227 e. The number of carbonyl (C=O) groups excluding carboxylic acids is 1. The predicted octanol–water partition coefficient (Wildman–Crippen LogP) is 4.21. The Bertz CT molecular complexity index is 1310. The zero-order valence-electron chi connectivity index (χ0n) is 21.9. The fourth-order valence-electron chi connectivity index (χ4n) is 6.04. The van der Waals surface area contributed by atoms with Crippen LogP contribution in [0.4, 0.5) is 17.3 Å². The molecular weight excluding hydrogens is 464 g/mol. The highest BCUT2D eigenvalue weighted by molar-refractivity contribution is 5.83. The van der Waals surface area contributed by atoms with E-state index in [2.05, 4.69) is 62.4 Å². The molecule has 194 valence electrons. The van der Waals surface area contributed by atoms with E-state index in [4.69, 9.17) is 9.72 Å². The molecule has 1 aromatic heterocycles. The molecule has 37 heavy (non-hydrogen) atoms. The van der Waals surface area contributed by atoms with E-state index in [1.165, 1.54) is 23.2 Å². The number of ether oxygens (including phenoxy) is 1. The van der Waals surface area contributed by atoms with Crippen LogP contribution in [0.3, 0.4) is 0 Å². The van der Waals surface area contributed by atoms with Gasteiger partial charge in [-0.25, -0.2) is 9.97 Å². The van der Waals surface area contributed by atoms with Gasteiger partial charge in [-0.1, -0.05) is 0 Å². The van der Waals surface area contributed by atoms with Crippen molar-refractivity contribution in [2.24, 2.45) is 5.92 Å². The van der Waals surface area contributed by atoms with Gasteiger partial charge in [0.05, 0.1) is 18.3 Å². The average molecular weight is 501 g/mol. The van der Waals surface area contributed by atoms with Gasteiger partial charge in [-0.05, 0) is 80.1 Å². The van der Waals surface area contributed by atoms with Gasteiger partial charge < -0.3 is 24.8 Å². The van der Waals surface area contributed by atoms with Gasteiger partial charge in [0.25, 0.3) is 0 Å². The zero-order chi connectivity index (χ0) is 25.4. The molecule has 0 spiro atoms. The van der Waals surface area contributed by atoms with Crippen LogP contribution in [-0.2, 0) is 17.8 Å². The molecule has 3 aromatic rings. The number of nitrogens with one attached hydrogen (secondary N) is 1. The number of likely N-dealkylation sites (tertiary alicyclic amines) is 1. The molecule has 1 amide bonds. The lowest BCUT2D eigenvalue weighted by molar-refractivity contribution is -0.128. The topological polar surface area (TPSA) is 73.8 Å². The van der Waals surface area contributed by atoms with E-state index in [0.29, 0.717) is 24.2 Å². The number of methoxy groups -OCH3 is 1. The molecule has 2 aromatic carbocycles. The molecule has 0 unspecified atom stereocenters. The predicted molar refractivity (Wildman–Crippen MR) is 147 cm³/mol. The van der Waals surface area contributed by atoms with E-state index in [-0.39, 0.29) is 0 Å². The molecule has 0 aliphatic carbocycles. The summed E-state index contributed by atoms with van der Waals surface area (Å²) >= 11 is 0. The van der Waals surface area contributed by atoms with Crippen LogP contribution in [0.1, 0.15) is 36.8 Å². The molecule has 1 atom stereocenters. The minimum Gasteiger partial charge on any atom is -0.495 e. The maximum Gasteiger partial charge on any atom is 0.227 e. The second-order valence-electron chi connectivity index (χ2n) is 10.8. The Hall–Kier alpha value is -3.39. The molecule has 3 aliphatic rings. The van der Waals surface area contributed by atoms with Gasteiger partial charge in [0.15, 0.2) is 0 Å². The zero-order valence-corrected chi connectivity index (χ0v) is 21.9. The lowest BCUT2D eigenvalue weighted by Crippen LogP contribution is -2.41. The number of anilines is 3. The first kappa shape index (κ1) is 24.0. The summed E-state index contributed by atoms with van der Waals surface area (Å²) in [7, 11) is 3.86. The molecule has 0 radical (unpaired) electrons. The molecule has 2 saturated heterocycles. The number of benzene rings is 2. The van der Waals surface area contributed by atoms with Crippen molar-refractivity contribution in [1.82, 2.24) is 19.8 Å². The Kier molecular flexibility index (Phi) is 6.59. The average Bonchev–Trinajstić information content (AvgIpc) is 3.32. The van der Waals surface area contributed by atoms with Crippen LogP contribution in [0.25, 0.3) is 10.9 Å². The van der Waals surface area contributed by atoms with Gasteiger partial charge in [0, 0.05) is 63.0 Å². The normalized spacial score (nSPS) is 20.4. The fraction of sp³-hybridized carbons (Fsp3) is 0.483. The monoisotopic (exact) mass is 500 g/mol. The largest absolute Gasteiger partial charge is 0.495 e. The summed E-state index contributed by atoms with van der Waals surface area (Å²) in [5, 5.41) is 4.43. The van der Waals surface area contributed by atoms with E-state index >= 15 is 0 Å². The number of aromatic nitrogens is 2. The highest BCUT2D eigenvalue weighted by Gasteiger charge is 2.27. The van der Waals surface area contributed by atoms with Crippen molar-refractivity contribution in [3.8, 4) is 5.75 Å². The summed E-state index contributed by atoms with van der Waals surface area (Å²) in [4.78, 5) is 28.4. The van der Waals surface area contributed by atoms with Crippen LogP contribution < -0.4 is 15.0 Å². The Morgan fingerprint density at radius 1 is 1.08 bits per heavy atom. The van der Waals surface area contributed by atoms with E-state index in [9.17, 15) is 4.79 Å². The van der Waals surface area contributed by atoms with Crippen molar-refractivity contribution >= 4 is 34.1 Å². The third-order valence-electron chi connectivity index (χ3n) is 8.07. The Morgan fingerprint density at radius 2 is 2.00 bits per heavy atom. The summed E-state index contributed by atoms with van der Waals surface area (Å²) in [6.07, 6.45) is 6.96. The maximum absolute atomic E-state index is 12.1. The van der Waals surface area contributed by atoms with Crippen molar-refractivity contribution in [1.29, 1.82) is 0 Å². The number of fused-ring (bicyclic) bond motifs is 2. The quantitative estimate of drug-likeness (QED) is 0.544. The molecule has 8 heteroatoms. The maximum atomic E-state index is 12.1. The number of hydrogen-bond donors (Lipinski definition) is 1. The van der Waals surface area contributed by atoms with Crippen LogP contribution in [-0.4, -0.2) is 72.6 Å². The lowest BCUT2D eigenvalue weighted by Gasteiger charge is -2.36. The van der Waals surface area contributed by atoms with Crippen molar-refractivity contribution in [2.45, 2.75) is 38.6 Å². The SMILES string of the molecule is COc1cc2c(cc1Nc1ncc3ccc(N4CCC[C@@H](CN5CCCC5=O)C4)cc3n1)CN(C)CC2. The minimum absolute atomic E-state index is 0.321. The lowest BCUT2D eigenvalue weighted by atomic mass is 9.97. The standard InChI is InChI=1S/C29H36N6O2/c1-33-12-9-21-14-27(37-2)26(13-23(21)19-33)32-29-30-16-22-7-8-24(15-25(22)31-29)34-10-3-5-20(17-34)18-35-11-4-6-28(35)36/h7-8,13-16,20H,3-6,9-12,17-19H2,1-2H3,(H,30,31,32)/t20-/m1/s1. The molecule has 0 saturated carbocycles. The minimum atomic E-state index is 0.321. The third kappa shape index (κ3) is 5.07. The number of carbonyl (C=O) groups is 1. The van der Waals surface area contributed by atoms with Crippen molar-refractivity contribution in [3.05, 3.63) is 47.7 Å². The van der Waals surface area contributed by atoms with Crippen LogP contribution in [0.5, 0.6) is 5.75 Å². The first-order valence-electron chi connectivity index (χ1n) is 13.5. The summed E-state index contributed by atoms with van der Waals surface area (Å²) < 4.78 is 5.70. The van der Waals surface area contributed by atoms with Gasteiger partial charge in [-0.15, -0.1) is 0 Å². The first-order chi connectivity index (χ1) is 18.1. The van der Waals surface area contributed by atoms with E-state index in [1.807, 2.05) is 6.20 Å². The number of nitrogens with zero attached hydrogens (tertiary/aromatic N) is 5. The molecule has 1 N–H and O–H groups in total. The molecule has 3 aliphatic heterocycles. The van der Waals surface area contributed by atoms with E-state index in [1.54, 1.807) is 7.11 Å². The molecule has 6 rings (SSSR count). The number of hydrogen-bond acceptors (Lipinski definition) is 7. The van der Waals surface area contributed by atoms with Crippen LogP contribution >= 0.6 is 0 Å². The molecule has 4 heterocycles. The second-order valence-corrected chi connectivity index (χ2v) is 10.8. The molecule has 0 bridgehead atoms. The van der Waals surface area contributed by atoms with Crippen LogP contribution in [0.15, 0.2) is 36.5 Å². The Morgan fingerprint density at radius 3 is 2.84 bits per heavy atom. The van der Waals surface area contributed by atoms with E-state index < -0.39 is 0 Å². The summed E-state index contributed by atoms with van der Waals surface area (Å²) in [5.41, 5.74) is 5.66. The van der Waals surface area contributed by atoms with Crippen molar-refractivity contribution in [2.75, 3.05) is 57.1 Å². The van der Waals surface area contributed by atoms with Gasteiger partial charge in [0.2, 0.25) is 11.9 Å². The summed E-state index contributed by atoms with van der Waals surface area (Å²) in [5.74, 6) is 2.22. The van der Waals surface area contributed by atoms with Gasteiger partial charge >= 0.3 is 0 Å². The molecular formula is C29H36N6O2. The summed E-state index contributed by atoms with van der Waals surface area (Å²) in [6.45, 7) is 5.81. The third-order valence-corrected chi connectivity index (χ3v) is 8.07. The number of amides is 1. The van der Waals surface area contributed by atoms with Gasteiger partial charge in [-0.3, -0.25) is 4.79 Å².